The molecule has 0 aromatic heterocycles. The molecule has 1 unspecified atom stereocenters. The van der Waals surface area contributed by atoms with Crippen LogP contribution in [0.4, 0.5) is 0 Å². The standard InChI is InChI=1S/C20H33N/c1-15-6-8-17(9-7-15)14-21-16(2)18-10-12-19(13-11-18)20(3,4)5/h10-13,15-17,21H,6-9,14H2,1-5H3. The molecule has 0 amide bonds. The van der Waals surface area contributed by atoms with Crippen molar-refractivity contribution in [3.63, 3.8) is 0 Å². The van der Waals surface area contributed by atoms with Crippen LogP contribution in [0.2, 0.25) is 0 Å². The SMILES string of the molecule is CC1CCC(CNC(C)c2ccc(C(C)(C)C)cc2)CC1. The summed E-state index contributed by atoms with van der Waals surface area (Å²) in [6, 6.07) is 9.62. The van der Waals surface area contributed by atoms with E-state index in [1.165, 1.54) is 43.4 Å². The van der Waals surface area contributed by atoms with Crippen molar-refractivity contribution < 1.29 is 0 Å². The summed E-state index contributed by atoms with van der Waals surface area (Å²) in [4.78, 5) is 0. The minimum absolute atomic E-state index is 0.244. The van der Waals surface area contributed by atoms with Gasteiger partial charge in [-0.05, 0) is 54.7 Å². The second-order valence-corrected chi connectivity index (χ2v) is 8.13. The van der Waals surface area contributed by atoms with Crippen LogP contribution in [-0.2, 0) is 5.41 Å². The van der Waals surface area contributed by atoms with Crippen LogP contribution in [0.15, 0.2) is 24.3 Å². The Kier molecular flexibility index (Phi) is 5.48. The minimum Gasteiger partial charge on any atom is -0.310 e. The van der Waals surface area contributed by atoms with Crippen molar-refractivity contribution in [2.45, 2.75) is 71.8 Å². The van der Waals surface area contributed by atoms with E-state index in [9.17, 15) is 0 Å². The van der Waals surface area contributed by atoms with Crippen molar-refractivity contribution in [1.29, 1.82) is 0 Å². The summed E-state index contributed by atoms with van der Waals surface area (Å²) in [5, 5.41) is 3.74. The normalized spacial score (nSPS) is 24.8. The Morgan fingerprint density at radius 3 is 2.14 bits per heavy atom. The molecular weight excluding hydrogens is 254 g/mol. The lowest BCUT2D eigenvalue weighted by atomic mass is 9.83. The summed E-state index contributed by atoms with van der Waals surface area (Å²) in [6.45, 7) is 12.7. The van der Waals surface area contributed by atoms with Crippen LogP contribution in [-0.4, -0.2) is 6.54 Å². The number of hydrogen-bond acceptors (Lipinski definition) is 1. The first-order valence-electron chi connectivity index (χ1n) is 8.70. The van der Waals surface area contributed by atoms with Crippen molar-refractivity contribution in [3.8, 4) is 0 Å². The predicted molar refractivity (Wildman–Crippen MR) is 92.7 cm³/mol. The third-order valence-corrected chi connectivity index (χ3v) is 5.12. The van der Waals surface area contributed by atoms with E-state index in [4.69, 9.17) is 0 Å². The van der Waals surface area contributed by atoms with Gasteiger partial charge in [-0.15, -0.1) is 0 Å². The molecule has 1 aliphatic carbocycles. The smallest absolute Gasteiger partial charge is 0.0291 e. The molecule has 0 aliphatic heterocycles. The maximum atomic E-state index is 3.74. The second kappa shape index (κ2) is 6.96. The molecule has 1 atom stereocenters. The first kappa shape index (κ1) is 16.5. The third-order valence-electron chi connectivity index (χ3n) is 5.12. The predicted octanol–water partition coefficient (Wildman–Crippen LogP) is 5.46. The zero-order chi connectivity index (χ0) is 15.5. The van der Waals surface area contributed by atoms with Crippen molar-refractivity contribution in [2.75, 3.05) is 6.54 Å². The first-order valence-corrected chi connectivity index (χ1v) is 8.70. The van der Waals surface area contributed by atoms with Crippen molar-refractivity contribution in [3.05, 3.63) is 35.4 Å². The molecule has 118 valence electrons. The maximum Gasteiger partial charge on any atom is 0.0291 e. The Morgan fingerprint density at radius 1 is 1.05 bits per heavy atom. The Bertz CT molecular complexity index is 418. The fraction of sp³-hybridized carbons (Fsp3) is 0.700. The van der Waals surface area contributed by atoms with Crippen LogP contribution in [0.3, 0.4) is 0 Å². The van der Waals surface area contributed by atoms with Crippen LogP contribution in [0.5, 0.6) is 0 Å². The first-order chi connectivity index (χ1) is 9.86. The number of benzene rings is 1. The van der Waals surface area contributed by atoms with Gasteiger partial charge in [-0.25, -0.2) is 0 Å². The summed E-state index contributed by atoms with van der Waals surface area (Å²) in [6.07, 6.45) is 5.65. The van der Waals surface area contributed by atoms with E-state index in [-0.39, 0.29) is 5.41 Å². The molecule has 2 rings (SSSR count). The Hall–Kier alpha value is -0.820. The van der Waals surface area contributed by atoms with E-state index in [0.717, 1.165) is 11.8 Å². The van der Waals surface area contributed by atoms with E-state index in [0.29, 0.717) is 6.04 Å². The van der Waals surface area contributed by atoms with Crippen molar-refractivity contribution in [1.82, 2.24) is 5.32 Å². The van der Waals surface area contributed by atoms with Gasteiger partial charge in [0.1, 0.15) is 0 Å². The second-order valence-electron chi connectivity index (χ2n) is 8.13. The summed E-state index contributed by atoms with van der Waals surface area (Å²) in [5.41, 5.74) is 3.07. The molecule has 1 N–H and O–H groups in total. The van der Waals surface area contributed by atoms with Crippen LogP contribution in [0, 0.1) is 11.8 Å². The Balaban J connectivity index is 1.84. The molecule has 1 aromatic rings. The van der Waals surface area contributed by atoms with Gasteiger partial charge in [0.25, 0.3) is 0 Å². The quantitative estimate of drug-likeness (QED) is 0.775. The molecule has 1 heteroatoms. The molecule has 0 saturated heterocycles. The van der Waals surface area contributed by atoms with Gasteiger partial charge in [0.05, 0.1) is 0 Å². The lowest BCUT2D eigenvalue weighted by molar-refractivity contribution is 0.276. The number of nitrogens with one attached hydrogen (secondary N) is 1. The number of rotatable bonds is 4. The van der Waals surface area contributed by atoms with Gasteiger partial charge in [0, 0.05) is 6.04 Å². The zero-order valence-electron chi connectivity index (χ0n) is 14.6. The molecule has 21 heavy (non-hydrogen) atoms. The molecule has 0 spiro atoms. The van der Waals surface area contributed by atoms with E-state index in [1.54, 1.807) is 0 Å². The third kappa shape index (κ3) is 4.85. The minimum atomic E-state index is 0.244. The van der Waals surface area contributed by atoms with Crippen LogP contribution < -0.4 is 5.32 Å². The maximum absolute atomic E-state index is 3.74. The largest absolute Gasteiger partial charge is 0.310 e. The molecule has 1 aromatic carbocycles. The zero-order valence-corrected chi connectivity index (χ0v) is 14.6. The summed E-state index contributed by atoms with van der Waals surface area (Å²) < 4.78 is 0. The van der Waals surface area contributed by atoms with Gasteiger partial charge >= 0.3 is 0 Å². The highest BCUT2D eigenvalue weighted by molar-refractivity contribution is 5.29. The molecule has 0 bridgehead atoms. The molecule has 1 nitrogen and oxygen atoms in total. The van der Waals surface area contributed by atoms with Gasteiger partial charge in [-0.3, -0.25) is 0 Å². The Labute approximate surface area is 131 Å². The highest BCUT2D eigenvalue weighted by Crippen LogP contribution is 2.28. The van der Waals surface area contributed by atoms with Crippen LogP contribution in [0.1, 0.15) is 77.5 Å². The molecule has 1 saturated carbocycles. The van der Waals surface area contributed by atoms with Crippen LogP contribution in [0.25, 0.3) is 0 Å². The van der Waals surface area contributed by atoms with Crippen molar-refractivity contribution >= 4 is 0 Å². The lowest BCUT2D eigenvalue weighted by Crippen LogP contribution is -2.28. The van der Waals surface area contributed by atoms with Crippen molar-refractivity contribution in [2.24, 2.45) is 11.8 Å². The van der Waals surface area contributed by atoms with Gasteiger partial charge in [0.2, 0.25) is 0 Å². The van der Waals surface area contributed by atoms with E-state index in [1.807, 2.05) is 0 Å². The lowest BCUT2D eigenvalue weighted by Gasteiger charge is -2.28. The fourth-order valence-electron chi connectivity index (χ4n) is 3.27. The van der Waals surface area contributed by atoms with Crippen LogP contribution >= 0.6 is 0 Å². The summed E-state index contributed by atoms with van der Waals surface area (Å²) in [5.74, 6) is 1.83. The van der Waals surface area contributed by atoms with E-state index < -0.39 is 0 Å². The number of hydrogen-bond donors (Lipinski definition) is 1. The van der Waals surface area contributed by atoms with Gasteiger partial charge in [-0.1, -0.05) is 64.8 Å². The summed E-state index contributed by atoms with van der Waals surface area (Å²) in [7, 11) is 0. The average Bonchev–Trinajstić information content (AvgIpc) is 2.45. The molecule has 0 heterocycles. The van der Waals surface area contributed by atoms with Gasteiger partial charge < -0.3 is 5.32 Å². The highest BCUT2D eigenvalue weighted by Gasteiger charge is 2.19. The summed E-state index contributed by atoms with van der Waals surface area (Å²) >= 11 is 0. The molecule has 1 fully saturated rings. The fourth-order valence-corrected chi connectivity index (χ4v) is 3.27. The van der Waals surface area contributed by atoms with E-state index in [2.05, 4.69) is 64.2 Å². The van der Waals surface area contributed by atoms with Gasteiger partial charge in [-0.2, -0.15) is 0 Å². The van der Waals surface area contributed by atoms with E-state index >= 15 is 0 Å². The molecular formula is C20H33N. The van der Waals surface area contributed by atoms with Gasteiger partial charge in [0.15, 0.2) is 0 Å². The topological polar surface area (TPSA) is 12.0 Å². The molecule has 1 aliphatic rings. The Morgan fingerprint density at radius 2 is 1.62 bits per heavy atom. The molecule has 0 radical (unpaired) electrons. The monoisotopic (exact) mass is 287 g/mol. The average molecular weight is 287 g/mol. The highest BCUT2D eigenvalue weighted by atomic mass is 14.9.